The Bertz CT molecular complexity index is 808. The predicted octanol–water partition coefficient (Wildman–Crippen LogP) is 4.65. The van der Waals surface area contributed by atoms with E-state index in [9.17, 15) is 4.79 Å². The Morgan fingerprint density at radius 1 is 1.16 bits per heavy atom. The molecule has 132 valence electrons. The van der Waals surface area contributed by atoms with Gasteiger partial charge in [-0.2, -0.15) is 0 Å². The molecule has 0 radical (unpaired) electrons. The van der Waals surface area contributed by atoms with Gasteiger partial charge in [-0.3, -0.25) is 4.79 Å². The minimum Gasteiger partial charge on any atom is -0.351 e. The number of fused-ring (bicyclic) bond motifs is 1. The number of benzene rings is 1. The number of hydrogen-bond acceptors (Lipinski definition) is 3. The van der Waals surface area contributed by atoms with Gasteiger partial charge >= 0.3 is 0 Å². The summed E-state index contributed by atoms with van der Waals surface area (Å²) in [5, 5.41) is 4.92. The van der Waals surface area contributed by atoms with Gasteiger partial charge in [-0.05, 0) is 42.8 Å². The molecule has 0 aliphatic carbocycles. The standard InChI is InChI=1S/C20H25N3OS/c1-2-14-23-17-10-6-5-9-16(17)22-19(23)12-4-3-7-13-21-20(24)18-11-8-15-25-18/h5-6,8-11,15H,2-4,7,12-14H2,1H3,(H,21,24). The number of para-hydroxylation sites is 2. The summed E-state index contributed by atoms with van der Waals surface area (Å²) in [5.41, 5.74) is 2.33. The highest BCUT2D eigenvalue weighted by Crippen LogP contribution is 2.18. The maximum absolute atomic E-state index is 11.9. The third kappa shape index (κ3) is 4.48. The minimum atomic E-state index is 0.0414. The highest BCUT2D eigenvalue weighted by atomic mass is 32.1. The molecule has 0 saturated heterocycles. The number of amides is 1. The molecule has 4 nitrogen and oxygen atoms in total. The number of rotatable bonds is 9. The molecule has 1 amide bonds. The van der Waals surface area contributed by atoms with E-state index >= 15 is 0 Å². The van der Waals surface area contributed by atoms with Crippen molar-refractivity contribution in [3.8, 4) is 0 Å². The topological polar surface area (TPSA) is 46.9 Å². The van der Waals surface area contributed by atoms with Gasteiger partial charge in [0.1, 0.15) is 5.82 Å². The van der Waals surface area contributed by atoms with Gasteiger partial charge in [0.05, 0.1) is 15.9 Å². The first-order valence-corrected chi connectivity index (χ1v) is 9.93. The first kappa shape index (κ1) is 17.7. The van der Waals surface area contributed by atoms with E-state index in [1.165, 1.54) is 22.7 Å². The largest absolute Gasteiger partial charge is 0.351 e. The molecule has 0 atom stereocenters. The number of thiophene rings is 1. The molecule has 0 aliphatic heterocycles. The lowest BCUT2D eigenvalue weighted by atomic mass is 10.2. The second-order valence-corrected chi connectivity index (χ2v) is 7.16. The highest BCUT2D eigenvalue weighted by molar-refractivity contribution is 7.12. The van der Waals surface area contributed by atoms with Crippen molar-refractivity contribution in [3.63, 3.8) is 0 Å². The molecule has 25 heavy (non-hydrogen) atoms. The van der Waals surface area contributed by atoms with Gasteiger partial charge < -0.3 is 9.88 Å². The average Bonchev–Trinajstić information content (AvgIpc) is 3.27. The Labute approximate surface area is 152 Å². The molecule has 5 heteroatoms. The van der Waals surface area contributed by atoms with Gasteiger partial charge in [-0.25, -0.2) is 4.98 Å². The molecule has 0 spiro atoms. The second kappa shape index (κ2) is 8.81. The summed E-state index contributed by atoms with van der Waals surface area (Å²) in [7, 11) is 0. The Morgan fingerprint density at radius 2 is 2.04 bits per heavy atom. The summed E-state index contributed by atoms with van der Waals surface area (Å²) in [6.45, 7) is 3.96. The second-order valence-electron chi connectivity index (χ2n) is 6.21. The van der Waals surface area contributed by atoms with E-state index in [-0.39, 0.29) is 5.91 Å². The Hall–Kier alpha value is -2.14. The van der Waals surface area contributed by atoms with Crippen LogP contribution in [0.15, 0.2) is 41.8 Å². The Kier molecular flexibility index (Phi) is 6.23. The summed E-state index contributed by atoms with van der Waals surface area (Å²) in [4.78, 5) is 17.5. The van der Waals surface area contributed by atoms with E-state index in [0.29, 0.717) is 0 Å². The Morgan fingerprint density at radius 3 is 2.84 bits per heavy atom. The van der Waals surface area contributed by atoms with Crippen LogP contribution in [0.3, 0.4) is 0 Å². The summed E-state index contributed by atoms with van der Waals surface area (Å²) >= 11 is 1.48. The highest BCUT2D eigenvalue weighted by Gasteiger charge is 2.09. The van der Waals surface area contributed by atoms with Crippen LogP contribution in [0.25, 0.3) is 11.0 Å². The fourth-order valence-corrected chi connectivity index (χ4v) is 3.71. The molecule has 0 saturated carbocycles. The van der Waals surface area contributed by atoms with E-state index in [1.54, 1.807) is 0 Å². The lowest BCUT2D eigenvalue weighted by Crippen LogP contribution is -2.23. The van der Waals surface area contributed by atoms with Gasteiger partial charge in [0.15, 0.2) is 0 Å². The monoisotopic (exact) mass is 355 g/mol. The number of carbonyl (C=O) groups excluding carboxylic acids is 1. The van der Waals surface area contributed by atoms with Crippen LogP contribution < -0.4 is 5.32 Å². The smallest absolute Gasteiger partial charge is 0.261 e. The van der Waals surface area contributed by atoms with Crippen LogP contribution in [-0.2, 0) is 13.0 Å². The molecular formula is C20H25N3OS. The first-order chi connectivity index (χ1) is 12.3. The van der Waals surface area contributed by atoms with Crippen LogP contribution >= 0.6 is 11.3 Å². The molecule has 0 fully saturated rings. The third-order valence-corrected chi connectivity index (χ3v) is 5.16. The fourth-order valence-electron chi connectivity index (χ4n) is 3.07. The predicted molar refractivity (Wildman–Crippen MR) is 104 cm³/mol. The molecule has 0 unspecified atom stereocenters. The summed E-state index contributed by atoms with van der Waals surface area (Å²) in [6.07, 6.45) is 5.31. The number of unbranched alkanes of at least 4 members (excludes halogenated alkanes) is 2. The van der Waals surface area contributed by atoms with Crippen LogP contribution in [0.2, 0.25) is 0 Å². The van der Waals surface area contributed by atoms with Crippen molar-refractivity contribution < 1.29 is 4.79 Å². The van der Waals surface area contributed by atoms with Crippen LogP contribution in [0, 0.1) is 0 Å². The van der Waals surface area contributed by atoms with Crippen LogP contribution in [0.4, 0.5) is 0 Å². The number of nitrogens with zero attached hydrogens (tertiary/aromatic N) is 2. The van der Waals surface area contributed by atoms with Crippen molar-refractivity contribution in [2.24, 2.45) is 0 Å². The summed E-state index contributed by atoms with van der Waals surface area (Å²) in [6, 6.07) is 12.1. The molecule has 1 N–H and O–H groups in total. The third-order valence-electron chi connectivity index (χ3n) is 4.29. The number of carbonyl (C=O) groups is 1. The van der Waals surface area contributed by atoms with Crippen LogP contribution in [-0.4, -0.2) is 22.0 Å². The average molecular weight is 356 g/mol. The van der Waals surface area contributed by atoms with Crippen molar-refractivity contribution in [2.45, 2.75) is 45.6 Å². The van der Waals surface area contributed by atoms with Gasteiger partial charge in [0, 0.05) is 19.5 Å². The van der Waals surface area contributed by atoms with Crippen molar-refractivity contribution in [3.05, 3.63) is 52.5 Å². The molecule has 0 aliphatic rings. The SMILES string of the molecule is CCCn1c(CCCCCNC(=O)c2cccs2)nc2ccccc21. The van der Waals surface area contributed by atoms with E-state index in [1.807, 2.05) is 23.6 Å². The van der Waals surface area contributed by atoms with E-state index in [4.69, 9.17) is 4.98 Å². The van der Waals surface area contributed by atoms with Gasteiger partial charge in [0.25, 0.3) is 5.91 Å². The van der Waals surface area contributed by atoms with Crippen LogP contribution in [0.5, 0.6) is 0 Å². The zero-order chi connectivity index (χ0) is 17.5. The lowest BCUT2D eigenvalue weighted by Gasteiger charge is -2.08. The minimum absolute atomic E-state index is 0.0414. The maximum atomic E-state index is 11.9. The Balaban J connectivity index is 1.45. The zero-order valence-electron chi connectivity index (χ0n) is 14.7. The molecule has 1 aromatic carbocycles. The number of aromatic nitrogens is 2. The van der Waals surface area contributed by atoms with Crippen molar-refractivity contribution in [2.75, 3.05) is 6.54 Å². The van der Waals surface area contributed by atoms with Crippen molar-refractivity contribution in [1.82, 2.24) is 14.9 Å². The molecule has 0 bridgehead atoms. The number of nitrogens with one attached hydrogen (secondary N) is 1. The van der Waals surface area contributed by atoms with E-state index in [0.717, 1.165) is 55.6 Å². The molecule has 2 heterocycles. The van der Waals surface area contributed by atoms with Gasteiger partial charge in [0.2, 0.25) is 0 Å². The number of aryl methyl sites for hydroxylation is 2. The first-order valence-electron chi connectivity index (χ1n) is 9.05. The lowest BCUT2D eigenvalue weighted by molar-refractivity contribution is 0.0957. The van der Waals surface area contributed by atoms with Gasteiger partial charge in [-0.1, -0.05) is 31.5 Å². The number of imidazole rings is 1. The quantitative estimate of drug-likeness (QED) is 0.568. The van der Waals surface area contributed by atoms with Crippen LogP contribution in [0.1, 0.15) is 48.1 Å². The van der Waals surface area contributed by atoms with E-state index < -0.39 is 0 Å². The van der Waals surface area contributed by atoms with Crippen molar-refractivity contribution >= 4 is 28.3 Å². The molecule has 3 aromatic rings. The molecular weight excluding hydrogens is 330 g/mol. The maximum Gasteiger partial charge on any atom is 0.261 e. The summed E-state index contributed by atoms with van der Waals surface area (Å²) in [5.74, 6) is 1.23. The fraction of sp³-hybridized carbons (Fsp3) is 0.400. The molecule has 2 aromatic heterocycles. The summed E-state index contributed by atoms with van der Waals surface area (Å²) < 4.78 is 2.36. The van der Waals surface area contributed by atoms with Gasteiger partial charge in [-0.15, -0.1) is 11.3 Å². The number of hydrogen-bond donors (Lipinski definition) is 1. The zero-order valence-corrected chi connectivity index (χ0v) is 15.5. The van der Waals surface area contributed by atoms with Crippen molar-refractivity contribution in [1.29, 1.82) is 0 Å². The molecule has 3 rings (SSSR count). The van der Waals surface area contributed by atoms with E-state index in [2.05, 4.69) is 35.0 Å². The normalized spacial score (nSPS) is 11.1.